The van der Waals surface area contributed by atoms with Gasteiger partial charge in [-0.15, -0.1) is 11.3 Å². The van der Waals surface area contributed by atoms with Crippen LogP contribution in [0.3, 0.4) is 0 Å². The minimum absolute atomic E-state index is 0.125. The van der Waals surface area contributed by atoms with Crippen molar-refractivity contribution in [2.75, 3.05) is 5.32 Å². The topological polar surface area (TPSA) is 119 Å². The molecule has 5 aromatic rings. The smallest absolute Gasteiger partial charge is 0.279 e. The van der Waals surface area contributed by atoms with E-state index in [1.54, 1.807) is 12.1 Å². The molecule has 1 aliphatic rings. The lowest BCUT2D eigenvalue weighted by Gasteiger charge is -2.08. The number of hydrogen-bond donors (Lipinski definition) is 2. The van der Waals surface area contributed by atoms with Gasteiger partial charge < -0.3 is 9.84 Å². The number of fused-ring (bicyclic) bond motifs is 1. The summed E-state index contributed by atoms with van der Waals surface area (Å²) in [7, 11) is 0. The van der Waals surface area contributed by atoms with E-state index in [2.05, 4.69) is 25.5 Å². The van der Waals surface area contributed by atoms with Gasteiger partial charge in [0.2, 0.25) is 5.95 Å². The van der Waals surface area contributed by atoms with E-state index in [0.717, 1.165) is 41.0 Å². The van der Waals surface area contributed by atoms with E-state index in [4.69, 9.17) is 4.52 Å². The van der Waals surface area contributed by atoms with Crippen LogP contribution in [0.15, 0.2) is 69.3 Å². The number of aryl methyl sites for hydroxylation is 1. The lowest BCUT2D eigenvalue weighted by atomic mass is 10.1. The maximum Gasteiger partial charge on any atom is 0.279 e. The first-order valence-electron chi connectivity index (χ1n) is 10.8. The number of H-pyrrole nitrogens is 1. The molecule has 0 fully saturated rings. The van der Waals surface area contributed by atoms with Crippen LogP contribution in [-0.2, 0) is 12.8 Å². The molecule has 0 spiro atoms. The van der Waals surface area contributed by atoms with Crippen molar-refractivity contribution < 1.29 is 9.32 Å². The molecule has 10 heteroatoms. The molecule has 4 heterocycles. The summed E-state index contributed by atoms with van der Waals surface area (Å²) in [6.07, 6.45) is 2.36. The Balaban J connectivity index is 1.37. The summed E-state index contributed by atoms with van der Waals surface area (Å²) in [4.78, 5) is 34.0. The molecule has 1 amide bonds. The van der Waals surface area contributed by atoms with Crippen molar-refractivity contribution in [3.63, 3.8) is 0 Å². The van der Waals surface area contributed by atoms with Crippen molar-refractivity contribution in [1.82, 2.24) is 24.9 Å². The third-order valence-electron chi connectivity index (χ3n) is 5.66. The summed E-state index contributed by atoms with van der Waals surface area (Å²) in [5.74, 6) is 0.643. The van der Waals surface area contributed by atoms with E-state index in [0.29, 0.717) is 17.3 Å². The van der Waals surface area contributed by atoms with Gasteiger partial charge in [-0.1, -0.05) is 41.6 Å². The van der Waals surface area contributed by atoms with E-state index >= 15 is 0 Å². The van der Waals surface area contributed by atoms with Crippen LogP contribution in [0.5, 0.6) is 0 Å². The highest BCUT2D eigenvalue weighted by Crippen LogP contribution is 2.28. The van der Waals surface area contributed by atoms with Crippen LogP contribution in [0.2, 0.25) is 0 Å². The van der Waals surface area contributed by atoms with Gasteiger partial charge in [0.1, 0.15) is 11.5 Å². The number of nitrogens with one attached hydrogen (secondary N) is 2. The first-order valence-corrected chi connectivity index (χ1v) is 11.6. The van der Waals surface area contributed by atoms with E-state index < -0.39 is 5.91 Å². The van der Waals surface area contributed by atoms with Crippen molar-refractivity contribution >= 4 is 23.1 Å². The lowest BCUT2D eigenvalue weighted by molar-refractivity contribution is 0.101. The molecule has 34 heavy (non-hydrogen) atoms. The predicted molar refractivity (Wildman–Crippen MR) is 127 cm³/mol. The minimum atomic E-state index is -0.465. The molecule has 6 rings (SSSR count). The second kappa shape index (κ2) is 8.23. The van der Waals surface area contributed by atoms with Crippen LogP contribution in [-0.4, -0.2) is 30.8 Å². The van der Waals surface area contributed by atoms with E-state index in [1.165, 1.54) is 16.0 Å². The number of anilines is 1. The third-order valence-corrected chi connectivity index (χ3v) is 6.55. The van der Waals surface area contributed by atoms with Crippen LogP contribution in [0.4, 0.5) is 5.82 Å². The summed E-state index contributed by atoms with van der Waals surface area (Å²) in [5.41, 5.74) is 2.91. The van der Waals surface area contributed by atoms with Crippen LogP contribution in [0.25, 0.3) is 27.8 Å². The van der Waals surface area contributed by atoms with Crippen LogP contribution in [0.1, 0.15) is 28.2 Å². The summed E-state index contributed by atoms with van der Waals surface area (Å²) in [6.45, 7) is 0. The molecule has 0 saturated carbocycles. The van der Waals surface area contributed by atoms with Gasteiger partial charge in [-0.2, -0.15) is 9.78 Å². The number of carbonyl (C=O) groups is 1. The summed E-state index contributed by atoms with van der Waals surface area (Å²) in [6, 6.07) is 16.6. The van der Waals surface area contributed by atoms with Crippen LogP contribution < -0.4 is 10.9 Å². The molecule has 168 valence electrons. The summed E-state index contributed by atoms with van der Waals surface area (Å²) in [5, 5.41) is 13.3. The Hall–Kier alpha value is -4.31. The van der Waals surface area contributed by atoms with Gasteiger partial charge in [-0.05, 0) is 30.7 Å². The monoisotopic (exact) mass is 470 g/mol. The molecule has 0 atom stereocenters. The summed E-state index contributed by atoms with van der Waals surface area (Å²) >= 11 is 1.52. The number of thiophene rings is 1. The second-order valence-electron chi connectivity index (χ2n) is 7.87. The number of aromatic amines is 1. The Morgan fingerprint density at radius 3 is 2.82 bits per heavy atom. The van der Waals surface area contributed by atoms with Crippen LogP contribution >= 0.6 is 11.3 Å². The van der Waals surface area contributed by atoms with Crippen LogP contribution in [0, 0.1) is 0 Å². The van der Waals surface area contributed by atoms with Gasteiger partial charge in [-0.3, -0.25) is 14.6 Å². The Morgan fingerprint density at radius 1 is 1.12 bits per heavy atom. The standard InChI is InChI=1S/C24H18N6O3S/c31-22-15-8-4-9-16(15)25-24(27-22)30-21(13-17(28-30)20-10-5-11-34-20)26-23(32)18-12-19(33-29-18)14-6-2-1-3-7-14/h1-3,5-7,10-13H,4,8-9H2,(H,26,32)(H,25,27,31). The SMILES string of the molecule is O=C(Nc1cc(-c2cccs2)nn1-c1nc2c(c(=O)[nH]1)CCC2)c1cc(-c2ccccc2)on1. The molecule has 0 unspecified atom stereocenters. The van der Waals surface area contributed by atoms with Crippen molar-refractivity contribution in [2.24, 2.45) is 0 Å². The van der Waals surface area contributed by atoms with Crippen molar-refractivity contribution in [1.29, 1.82) is 0 Å². The maximum atomic E-state index is 13.0. The van der Waals surface area contributed by atoms with Crippen molar-refractivity contribution in [2.45, 2.75) is 19.3 Å². The summed E-state index contributed by atoms with van der Waals surface area (Å²) < 4.78 is 6.81. The largest absolute Gasteiger partial charge is 0.355 e. The average Bonchev–Trinajstić information content (AvgIpc) is 3.66. The van der Waals surface area contributed by atoms with Gasteiger partial charge >= 0.3 is 0 Å². The Bertz CT molecular complexity index is 1550. The highest BCUT2D eigenvalue weighted by atomic mass is 32.1. The molecule has 0 saturated heterocycles. The second-order valence-corrected chi connectivity index (χ2v) is 8.82. The van der Waals surface area contributed by atoms with E-state index in [-0.39, 0.29) is 17.2 Å². The first-order chi connectivity index (χ1) is 16.7. The maximum absolute atomic E-state index is 13.0. The zero-order valence-corrected chi connectivity index (χ0v) is 18.6. The van der Waals surface area contributed by atoms with Gasteiger partial charge in [0, 0.05) is 23.3 Å². The zero-order chi connectivity index (χ0) is 23.1. The molecule has 0 radical (unpaired) electrons. The Labute approximate surface area is 197 Å². The first kappa shape index (κ1) is 20.3. The number of amides is 1. The number of hydrogen-bond acceptors (Lipinski definition) is 7. The van der Waals surface area contributed by atoms with Gasteiger partial charge in [0.15, 0.2) is 11.5 Å². The number of rotatable bonds is 5. The normalized spacial score (nSPS) is 12.6. The molecule has 9 nitrogen and oxygen atoms in total. The Morgan fingerprint density at radius 2 is 2.00 bits per heavy atom. The number of carbonyl (C=O) groups excluding carboxylic acids is 1. The zero-order valence-electron chi connectivity index (χ0n) is 17.8. The van der Waals surface area contributed by atoms with E-state index in [1.807, 2.05) is 47.8 Å². The molecule has 4 aromatic heterocycles. The molecule has 0 bridgehead atoms. The molecule has 1 aliphatic carbocycles. The molecular weight excluding hydrogens is 452 g/mol. The van der Waals surface area contributed by atoms with Gasteiger partial charge in [0.05, 0.1) is 10.6 Å². The fraction of sp³-hybridized carbons (Fsp3) is 0.125. The number of aromatic nitrogens is 5. The van der Waals surface area contributed by atoms with Gasteiger partial charge in [0.25, 0.3) is 11.5 Å². The van der Waals surface area contributed by atoms with Gasteiger partial charge in [-0.25, -0.2) is 4.98 Å². The Kier molecular flexibility index (Phi) is 4.92. The highest BCUT2D eigenvalue weighted by Gasteiger charge is 2.22. The van der Waals surface area contributed by atoms with Crippen molar-refractivity contribution in [3.05, 3.63) is 87.3 Å². The molecule has 2 N–H and O–H groups in total. The quantitative estimate of drug-likeness (QED) is 0.400. The lowest BCUT2D eigenvalue weighted by Crippen LogP contribution is -2.21. The van der Waals surface area contributed by atoms with E-state index in [9.17, 15) is 9.59 Å². The average molecular weight is 471 g/mol. The molecule has 1 aromatic carbocycles. The molecule has 0 aliphatic heterocycles. The molecular formula is C24H18N6O3S. The third kappa shape index (κ3) is 3.63. The minimum Gasteiger partial charge on any atom is -0.355 e. The number of nitrogens with zero attached hydrogens (tertiary/aromatic N) is 4. The predicted octanol–water partition coefficient (Wildman–Crippen LogP) is 4.08. The fourth-order valence-electron chi connectivity index (χ4n) is 4.01. The highest BCUT2D eigenvalue weighted by molar-refractivity contribution is 7.13. The number of benzene rings is 1. The van der Waals surface area contributed by atoms with Crippen molar-refractivity contribution in [3.8, 4) is 27.8 Å². The fourth-order valence-corrected chi connectivity index (χ4v) is 4.69.